The van der Waals surface area contributed by atoms with E-state index in [1.165, 1.54) is 19.2 Å². The van der Waals surface area contributed by atoms with Crippen LogP contribution in [0.5, 0.6) is 0 Å². The molecule has 1 rings (SSSR count). The molecule has 0 amide bonds. The Bertz CT molecular complexity index is 216. The van der Waals surface area contributed by atoms with E-state index in [0.717, 1.165) is 6.07 Å². The molecule has 0 saturated heterocycles. The van der Waals surface area contributed by atoms with E-state index in [1.807, 2.05) is 20.8 Å². The molecule has 0 aliphatic carbocycles. The first-order chi connectivity index (χ1) is 6.72. The zero-order valence-corrected chi connectivity index (χ0v) is 9.27. The van der Waals surface area contributed by atoms with Crippen LogP contribution in [0.15, 0.2) is 18.2 Å². The molecule has 0 aliphatic rings. The summed E-state index contributed by atoms with van der Waals surface area (Å²) < 4.78 is 24.8. The highest BCUT2D eigenvalue weighted by Gasteiger charge is 1.96. The molecule has 0 spiro atoms. The number of halogens is 2. The van der Waals surface area contributed by atoms with Crippen LogP contribution in [-0.4, -0.2) is 7.05 Å². The minimum atomic E-state index is -0.503. The van der Waals surface area contributed by atoms with Gasteiger partial charge in [-0.3, -0.25) is 0 Å². The van der Waals surface area contributed by atoms with E-state index >= 15 is 0 Å². The van der Waals surface area contributed by atoms with Crippen LogP contribution in [0.1, 0.15) is 26.3 Å². The number of hydrogen-bond donors (Lipinski definition) is 1. The number of benzene rings is 1. The fourth-order valence-electron chi connectivity index (χ4n) is 0.815. The van der Waals surface area contributed by atoms with Crippen LogP contribution in [0.2, 0.25) is 0 Å². The quantitative estimate of drug-likeness (QED) is 0.745. The zero-order chi connectivity index (χ0) is 11.6. The molecule has 0 bridgehead atoms. The van der Waals surface area contributed by atoms with Gasteiger partial charge in [-0.15, -0.1) is 0 Å². The molecule has 0 atom stereocenters. The SMILES string of the molecule is CC.CCc1cc(F)cc(F)c1.CN. The minimum Gasteiger partial charge on any atom is -0.333 e. The summed E-state index contributed by atoms with van der Waals surface area (Å²) in [6, 6.07) is 3.55. The average Bonchev–Trinajstić information content (AvgIpc) is 2.22. The summed E-state index contributed by atoms with van der Waals surface area (Å²) in [5.74, 6) is -1.01. The van der Waals surface area contributed by atoms with Gasteiger partial charge in [0.05, 0.1) is 0 Å². The van der Waals surface area contributed by atoms with Gasteiger partial charge in [-0.25, -0.2) is 8.78 Å². The van der Waals surface area contributed by atoms with E-state index in [2.05, 4.69) is 5.73 Å². The largest absolute Gasteiger partial charge is 0.333 e. The summed E-state index contributed by atoms with van der Waals surface area (Å²) in [6.45, 7) is 5.86. The highest BCUT2D eigenvalue weighted by Crippen LogP contribution is 2.07. The Morgan fingerprint density at radius 1 is 1.00 bits per heavy atom. The van der Waals surface area contributed by atoms with E-state index < -0.39 is 11.6 Å². The lowest BCUT2D eigenvalue weighted by Crippen LogP contribution is -1.84. The Morgan fingerprint density at radius 3 is 1.64 bits per heavy atom. The number of rotatable bonds is 1. The minimum absolute atomic E-state index is 0.503. The van der Waals surface area contributed by atoms with Gasteiger partial charge in [0.25, 0.3) is 0 Å². The molecule has 14 heavy (non-hydrogen) atoms. The van der Waals surface area contributed by atoms with Crippen molar-refractivity contribution in [3.8, 4) is 0 Å². The lowest BCUT2D eigenvalue weighted by Gasteiger charge is -1.95. The molecule has 3 heteroatoms. The Kier molecular flexibility index (Phi) is 11.2. The first kappa shape index (κ1) is 15.5. The summed E-state index contributed by atoms with van der Waals surface area (Å²) in [7, 11) is 1.50. The average molecular weight is 203 g/mol. The molecule has 0 radical (unpaired) electrons. The fraction of sp³-hybridized carbons (Fsp3) is 0.455. The molecule has 1 aromatic rings. The van der Waals surface area contributed by atoms with Crippen molar-refractivity contribution in [1.82, 2.24) is 0 Å². The second-order valence-electron chi connectivity index (χ2n) is 2.13. The maximum atomic E-state index is 12.4. The van der Waals surface area contributed by atoms with Gasteiger partial charge < -0.3 is 5.73 Å². The summed E-state index contributed by atoms with van der Waals surface area (Å²) in [4.78, 5) is 0. The third-order valence-electron chi connectivity index (χ3n) is 1.33. The summed E-state index contributed by atoms with van der Waals surface area (Å²) >= 11 is 0. The van der Waals surface area contributed by atoms with Gasteiger partial charge in [0.1, 0.15) is 11.6 Å². The van der Waals surface area contributed by atoms with E-state index in [1.54, 1.807) is 0 Å². The maximum absolute atomic E-state index is 12.4. The van der Waals surface area contributed by atoms with Gasteiger partial charge in [-0.05, 0) is 31.2 Å². The molecular weight excluding hydrogens is 184 g/mol. The third-order valence-corrected chi connectivity index (χ3v) is 1.33. The van der Waals surface area contributed by atoms with Gasteiger partial charge in [0.2, 0.25) is 0 Å². The predicted octanol–water partition coefficient (Wildman–Crippen LogP) is 3.13. The smallest absolute Gasteiger partial charge is 0.126 e. The van der Waals surface area contributed by atoms with Crippen LogP contribution in [0.25, 0.3) is 0 Å². The number of hydrogen-bond acceptors (Lipinski definition) is 1. The van der Waals surface area contributed by atoms with Crippen LogP contribution >= 0.6 is 0 Å². The molecule has 0 fully saturated rings. The topological polar surface area (TPSA) is 26.0 Å². The van der Waals surface area contributed by atoms with Gasteiger partial charge in [-0.2, -0.15) is 0 Å². The van der Waals surface area contributed by atoms with Gasteiger partial charge in [0, 0.05) is 6.07 Å². The Balaban J connectivity index is 0. The summed E-state index contributed by atoms with van der Waals surface area (Å²) in [6.07, 6.45) is 0.661. The summed E-state index contributed by atoms with van der Waals surface area (Å²) in [5.41, 5.74) is 5.19. The van der Waals surface area contributed by atoms with Crippen molar-refractivity contribution in [3.05, 3.63) is 35.4 Å². The second kappa shape index (κ2) is 10.1. The lowest BCUT2D eigenvalue weighted by atomic mass is 10.2. The highest BCUT2D eigenvalue weighted by atomic mass is 19.1. The van der Waals surface area contributed by atoms with E-state index in [-0.39, 0.29) is 0 Å². The molecule has 1 aromatic carbocycles. The summed E-state index contributed by atoms with van der Waals surface area (Å²) in [5, 5.41) is 0. The number of aryl methyl sites for hydroxylation is 1. The van der Waals surface area contributed by atoms with E-state index in [4.69, 9.17) is 0 Å². The Hall–Kier alpha value is -0.960. The van der Waals surface area contributed by atoms with Crippen molar-refractivity contribution >= 4 is 0 Å². The van der Waals surface area contributed by atoms with Crippen molar-refractivity contribution in [2.45, 2.75) is 27.2 Å². The Morgan fingerprint density at radius 2 is 1.36 bits per heavy atom. The van der Waals surface area contributed by atoms with Crippen molar-refractivity contribution in [2.75, 3.05) is 7.05 Å². The molecule has 82 valence electrons. The van der Waals surface area contributed by atoms with E-state index in [0.29, 0.717) is 12.0 Å². The Labute approximate surface area is 84.9 Å². The number of nitrogens with two attached hydrogens (primary N) is 1. The van der Waals surface area contributed by atoms with Crippen molar-refractivity contribution in [1.29, 1.82) is 0 Å². The van der Waals surface area contributed by atoms with Gasteiger partial charge in [0.15, 0.2) is 0 Å². The van der Waals surface area contributed by atoms with Crippen LogP contribution < -0.4 is 5.73 Å². The molecular formula is C11H19F2N. The maximum Gasteiger partial charge on any atom is 0.126 e. The molecule has 1 nitrogen and oxygen atoms in total. The van der Waals surface area contributed by atoms with Gasteiger partial charge >= 0.3 is 0 Å². The molecule has 0 heterocycles. The fourth-order valence-corrected chi connectivity index (χ4v) is 0.815. The first-order valence-corrected chi connectivity index (χ1v) is 4.75. The molecule has 0 aliphatic heterocycles. The van der Waals surface area contributed by atoms with Crippen molar-refractivity contribution in [3.63, 3.8) is 0 Å². The predicted molar refractivity (Wildman–Crippen MR) is 57.2 cm³/mol. The molecule has 0 unspecified atom stereocenters. The first-order valence-electron chi connectivity index (χ1n) is 4.75. The molecule has 0 saturated carbocycles. The van der Waals surface area contributed by atoms with Crippen LogP contribution in [0, 0.1) is 11.6 Å². The standard InChI is InChI=1S/C8H8F2.C2H6.CH5N/c1-2-6-3-7(9)5-8(10)4-6;2*1-2/h3-5H,2H2,1H3;1-2H3;2H2,1H3. The molecule has 0 aromatic heterocycles. The van der Waals surface area contributed by atoms with Crippen LogP contribution in [-0.2, 0) is 6.42 Å². The lowest BCUT2D eigenvalue weighted by molar-refractivity contribution is 0.580. The third kappa shape index (κ3) is 6.54. The monoisotopic (exact) mass is 203 g/mol. The zero-order valence-electron chi connectivity index (χ0n) is 9.27. The highest BCUT2D eigenvalue weighted by molar-refractivity contribution is 5.17. The van der Waals surface area contributed by atoms with E-state index in [9.17, 15) is 8.78 Å². The normalized spacial score (nSPS) is 7.93. The van der Waals surface area contributed by atoms with Crippen molar-refractivity contribution < 1.29 is 8.78 Å². The second-order valence-corrected chi connectivity index (χ2v) is 2.13. The van der Waals surface area contributed by atoms with Crippen LogP contribution in [0.4, 0.5) is 8.78 Å². The van der Waals surface area contributed by atoms with Gasteiger partial charge in [-0.1, -0.05) is 20.8 Å². The van der Waals surface area contributed by atoms with Crippen LogP contribution in [0.3, 0.4) is 0 Å². The van der Waals surface area contributed by atoms with Crippen molar-refractivity contribution in [2.24, 2.45) is 5.73 Å². The molecule has 2 N–H and O–H groups in total.